The first-order valence-corrected chi connectivity index (χ1v) is 13.2. The third kappa shape index (κ3) is 2.88. The number of fused-ring (bicyclic) bond motifs is 3. The number of ketones is 1. The minimum Gasteiger partial charge on any atom is -0.390 e. The SMILES string of the molecule is C[C@@H]1[C@]23CC[C@H]4C5CC[C@H](C(=O)Cn6cc(C(F)(F)F)cn6)[C@@]5(C)CCC4[C@]12CC[C@@](C)(O)C3. The fourth-order valence-corrected chi connectivity index (χ4v) is 10.5. The first-order valence-electron chi connectivity index (χ1n) is 13.2. The standard InChI is InChI=1S/C27H37F3N2O2/c1-16-25-9-6-18-19-4-5-21(22(33)14-32-13-17(12-31-32)27(28,29)30)24(19,3)8-7-20(18)26(16,25)11-10-23(2,34)15-25/h12-13,16,18-21,34H,4-11,14-15H2,1-3H3/t16-,18+,19?,20?,21-,23-,24+,25-,26+/m1/s1. The van der Waals surface area contributed by atoms with E-state index >= 15 is 0 Å². The van der Waals surface area contributed by atoms with E-state index in [1.54, 1.807) is 0 Å². The Labute approximate surface area is 199 Å². The molecule has 0 bridgehead atoms. The molecule has 1 aromatic heterocycles. The van der Waals surface area contributed by atoms with Crippen LogP contribution in [0, 0.1) is 45.8 Å². The van der Waals surface area contributed by atoms with Crippen LogP contribution in [0.1, 0.15) is 84.1 Å². The Kier molecular flexibility index (Phi) is 4.67. The lowest BCUT2D eigenvalue weighted by molar-refractivity contribution is -0.138. The highest BCUT2D eigenvalue weighted by molar-refractivity contribution is 5.82. The van der Waals surface area contributed by atoms with Gasteiger partial charge in [-0.3, -0.25) is 9.48 Å². The molecule has 7 heteroatoms. The Morgan fingerprint density at radius 1 is 1.12 bits per heavy atom. The van der Waals surface area contributed by atoms with Gasteiger partial charge < -0.3 is 5.11 Å². The maximum absolute atomic E-state index is 13.3. The molecule has 2 unspecified atom stereocenters. The average molecular weight is 479 g/mol. The van der Waals surface area contributed by atoms with Crippen LogP contribution in [0.25, 0.3) is 0 Å². The third-order valence-corrected chi connectivity index (χ3v) is 11.9. The van der Waals surface area contributed by atoms with Gasteiger partial charge in [-0.15, -0.1) is 0 Å². The van der Waals surface area contributed by atoms with Crippen molar-refractivity contribution >= 4 is 5.78 Å². The molecule has 5 aliphatic carbocycles. The fourth-order valence-electron chi connectivity index (χ4n) is 10.5. The molecule has 0 aliphatic heterocycles. The van der Waals surface area contributed by atoms with Crippen LogP contribution in [0.4, 0.5) is 13.2 Å². The summed E-state index contributed by atoms with van der Waals surface area (Å²) in [5.41, 5.74) is -0.703. The Morgan fingerprint density at radius 3 is 2.59 bits per heavy atom. The minimum absolute atomic E-state index is 0.0390. The highest BCUT2D eigenvalue weighted by Gasteiger charge is 2.81. The largest absolute Gasteiger partial charge is 0.419 e. The molecule has 0 spiro atoms. The second kappa shape index (κ2) is 6.89. The number of hydrogen-bond donors (Lipinski definition) is 1. The molecule has 0 amide bonds. The summed E-state index contributed by atoms with van der Waals surface area (Å²) in [6.07, 6.45) is 6.77. The molecule has 1 aromatic rings. The monoisotopic (exact) mass is 478 g/mol. The molecule has 5 fully saturated rings. The predicted molar refractivity (Wildman–Crippen MR) is 121 cm³/mol. The summed E-state index contributed by atoms with van der Waals surface area (Å²) < 4.78 is 40.0. The molecule has 4 nitrogen and oxygen atoms in total. The molecule has 5 aliphatic rings. The van der Waals surface area contributed by atoms with Gasteiger partial charge in [0.1, 0.15) is 0 Å². The summed E-state index contributed by atoms with van der Waals surface area (Å²) in [5, 5.41) is 14.7. The number of rotatable bonds is 3. The summed E-state index contributed by atoms with van der Waals surface area (Å²) in [6.45, 7) is 6.66. The average Bonchev–Trinajstić information content (AvgIpc) is 3.10. The van der Waals surface area contributed by atoms with E-state index in [2.05, 4.69) is 18.9 Å². The van der Waals surface area contributed by atoms with Gasteiger partial charge in [0.2, 0.25) is 0 Å². The van der Waals surface area contributed by atoms with E-state index in [1.165, 1.54) is 17.5 Å². The van der Waals surface area contributed by atoms with Crippen LogP contribution < -0.4 is 0 Å². The number of halogens is 3. The second-order valence-electron chi connectivity index (χ2n) is 13.1. The Hall–Kier alpha value is -1.37. The van der Waals surface area contributed by atoms with E-state index in [0.29, 0.717) is 34.5 Å². The van der Waals surface area contributed by atoms with Gasteiger partial charge in [0.05, 0.1) is 23.9 Å². The topological polar surface area (TPSA) is 55.1 Å². The highest BCUT2D eigenvalue weighted by atomic mass is 19.4. The van der Waals surface area contributed by atoms with Gasteiger partial charge in [0, 0.05) is 12.1 Å². The van der Waals surface area contributed by atoms with Gasteiger partial charge in [-0.2, -0.15) is 18.3 Å². The van der Waals surface area contributed by atoms with E-state index in [9.17, 15) is 23.1 Å². The minimum atomic E-state index is -4.44. The first-order chi connectivity index (χ1) is 15.8. The molecule has 1 N–H and O–H groups in total. The van der Waals surface area contributed by atoms with Crippen LogP contribution in [0.5, 0.6) is 0 Å². The van der Waals surface area contributed by atoms with Gasteiger partial charge in [0.25, 0.3) is 0 Å². The first kappa shape index (κ1) is 23.1. The molecule has 5 saturated carbocycles. The zero-order valence-electron chi connectivity index (χ0n) is 20.5. The Morgan fingerprint density at radius 2 is 1.88 bits per heavy atom. The summed E-state index contributed by atoms with van der Waals surface area (Å²) in [5.74, 6) is 2.47. The molecule has 9 atom stereocenters. The van der Waals surface area contributed by atoms with Crippen LogP contribution in [-0.4, -0.2) is 26.3 Å². The van der Waals surface area contributed by atoms with E-state index < -0.39 is 17.3 Å². The van der Waals surface area contributed by atoms with Crippen molar-refractivity contribution in [3.63, 3.8) is 0 Å². The summed E-state index contributed by atoms with van der Waals surface area (Å²) in [7, 11) is 0. The Balaban J connectivity index is 1.21. The molecule has 0 aromatic carbocycles. The van der Waals surface area contributed by atoms with Crippen molar-refractivity contribution < 1.29 is 23.1 Å². The van der Waals surface area contributed by atoms with E-state index in [1.807, 2.05) is 6.92 Å². The molecule has 34 heavy (non-hydrogen) atoms. The van der Waals surface area contributed by atoms with E-state index in [4.69, 9.17) is 0 Å². The van der Waals surface area contributed by atoms with Gasteiger partial charge in [-0.05, 0) is 105 Å². The maximum atomic E-state index is 13.3. The molecule has 1 heterocycles. The van der Waals surface area contributed by atoms with Crippen molar-refractivity contribution in [3.05, 3.63) is 18.0 Å². The number of carbonyl (C=O) groups is 1. The summed E-state index contributed by atoms with van der Waals surface area (Å²) >= 11 is 0. The van der Waals surface area contributed by atoms with Gasteiger partial charge in [-0.25, -0.2) is 0 Å². The van der Waals surface area contributed by atoms with E-state index in [0.717, 1.165) is 57.3 Å². The molecule has 0 saturated heterocycles. The van der Waals surface area contributed by atoms with Crippen LogP contribution >= 0.6 is 0 Å². The summed E-state index contributed by atoms with van der Waals surface area (Å²) in [6, 6.07) is 0. The van der Waals surface area contributed by atoms with Crippen molar-refractivity contribution in [1.29, 1.82) is 0 Å². The third-order valence-electron chi connectivity index (χ3n) is 11.9. The van der Waals surface area contributed by atoms with Gasteiger partial charge in [0.15, 0.2) is 5.78 Å². The smallest absolute Gasteiger partial charge is 0.390 e. The fraction of sp³-hybridized carbons (Fsp3) is 0.852. The molecule has 0 radical (unpaired) electrons. The zero-order chi connectivity index (χ0) is 24.3. The number of alkyl halides is 3. The molecule has 6 rings (SSSR count). The number of nitrogens with zero attached hydrogens (tertiary/aromatic N) is 2. The number of aliphatic hydroxyl groups is 1. The van der Waals surface area contributed by atoms with E-state index in [-0.39, 0.29) is 23.7 Å². The quantitative estimate of drug-likeness (QED) is 0.590. The zero-order valence-corrected chi connectivity index (χ0v) is 20.5. The highest BCUT2D eigenvalue weighted by Crippen LogP contribution is 2.86. The number of hydrogen-bond acceptors (Lipinski definition) is 3. The van der Waals surface area contributed by atoms with Crippen molar-refractivity contribution in [1.82, 2.24) is 9.78 Å². The molecular formula is C27H37F3N2O2. The van der Waals surface area contributed by atoms with Crippen LogP contribution in [0.2, 0.25) is 0 Å². The Bertz CT molecular complexity index is 1020. The van der Waals surface area contributed by atoms with Crippen molar-refractivity contribution in [3.8, 4) is 0 Å². The lowest BCUT2D eigenvalue weighted by atomic mass is 9.48. The number of aromatic nitrogens is 2. The van der Waals surface area contributed by atoms with Crippen molar-refractivity contribution in [2.75, 3.05) is 0 Å². The van der Waals surface area contributed by atoms with Crippen LogP contribution in [-0.2, 0) is 17.5 Å². The van der Waals surface area contributed by atoms with Gasteiger partial charge in [-0.1, -0.05) is 13.8 Å². The van der Waals surface area contributed by atoms with Crippen molar-refractivity contribution in [2.24, 2.45) is 45.8 Å². The van der Waals surface area contributed by atoms with Gasteiger partial charge >= 0.3 is 6.18 Å². The predicted octanol–water partition coefficient (Wildman–Crippen LogP) is 5.88. The van der Waals surface area contributed by atoms with Crippen molar-refractivity contribution in [2.45, 2.75) is 96.9 Å². The van der Waals surface area contributed by atoms with Crippen LogP contribution in [0.3, 0.4) is 0 Å². The number of Topliss-reactive ketones (excluding diaryl/α,β-unsaturated/α-hetero) is 1. The molecule has 188 valence electrons. The normalized spacial score (nSPS) is 49.6. The molecular weight excluding hydrogens is 441 g/mol. The van der Waals surface area contributed by atoms with Crippen LogP contribution in [0.15, 0.2) is 12.4 Å². The lowest BCUT2D eigenvalue weighted by Crippen LogP contribution is -2.51. The number of carbonyl (C=O) groups excluding carboxylic acids is 1. The summed E-state index contributed by atoms with van der Waals surface area (Å²) in [4.78, 5) is 13.3. The lowest BCUT2D eigenvalue weighted by Gasteiger charge is -2.56. The maximum Gasteiger partial charge on any atom is 0.419 e. The second-order valence-corrected chi connectivity index (χ2v) is 13.1.